The number of aryl methyl sites for hydroxylation is 1. The predicted octanol–water partition coefficient (Wildman–Crippen LogP) is 4.20. The van der Waals surface area contributed by atoms with Crippen LogP contribution in [0.15, 0.2) is 18.3 Å². The number of alkyl halides is 1. The van der Waals surface area contributed by atoms with Crippen LogP contribution in [0.1, 0.15) is 49.3 Å². The van der Waals surface area contributed by atoms with Gasteiger partial charge >= 0.3 is 0 Å². The van der Waals surface area contributed by atoms with E-state index in [9.17, 15) is 0 Å². The molecule has 1 heterocycles. The summed E-state index contributed by atoms with van der Waals surface area (Å²) in [6.07, 6.45) is 8.78. The number of pyridine rings is 1. The second kappa shape index (κ2) is 5.11. The summed E-state index contributed by atoms with van der Waals surface area (Å²) < 4.78 is 0. The molecule has 1 aliphatic carbocycles. The van der Waals surface area contributed by atoms with E-state index in [1.807, 2.05) is 6.92 Å². The van der Waals surface area contributed by atoms with E-state index in [2.05, 4.69) is 39.2 Å². The number of aromatic nitrogens is 1. The summed E-state index contributed by atoms with van der Waals surface area (Å²) in [6, 6.07) is 4.37. The van der Waals surface area contributed by atoms with Crippen LogP contribution < -0.4 is 0 Å². The van der Waals surface area contributed by atoms with Crippen LogP contribution in [0.2, 0.25) is 0 Å². The fourth-order valence-corrected chi connectivity index (χ4v) is 3.23. The summed E-state index contributed by atoms with van der Waals surface area (Å²) >= 11 is 3.83. The predicted molar refractivity (Wildman–Crippen MR) is 67.5 cm³/mol. The van der Waals surface area contributed by atoms with Gasteiger partial charge in [0, 0.05) is 16.7 Å². The third kappa shape index (κ3) is 2.81. The van der Waals surface area contributed by atoms with Gasteiger partial charge in [0.15, 0.2) is 0 Å². The van der Waals surface area contributed by atoms with E-state index in [0.29, 0.717) is 10.7 Å². The van der Waals surface area contributed by atoms with Gasteiger partial charge in [-0.05, 0) is 37.3 Å². The van der Waals surface area contributed by atoms with Gasteiger partial charge in [0.2, 0.25) is 0 Å². The normalized spacial score (nSPS) is 27.3. The maximum absolute atomic E-state index is 4.40. The van der Waals surface area contributed by atoms with Crippen molar-refractivity contribution < 1.29 is 0 Å². The van der Waals surface area contributed by atoms with Crippen molar-refractivity contribution in [3.63, 3.8) is 0 Å². The molecule has 0 amide bonds. The molecule has 0 bridgehead atoms. The molecule has 2 heteroatoms. The van der Waals surface area contributed by atoms with Crippen LogP contribution in [-0.4, -0.2) is 9.81 Å². The van der Waals surface area contributed by atoms with Crippen LogP contribution in [0.5, 0.6) is 0 Å². The first-order valence-electron chi connectivity index (χ1n) is 5.84. The van der Waals surface area contributed by atoms with E-state index < -0.39 is 0 Å². The molecule has 1 aromatic heterocycles. The Morgan fingerprint density at radius 1 is 1.20 bits per heavy atom. The lowest BCUT2D eigenvalue weighted by atomic mass is 9.93. The Labute approximate surface area is 100 Å². The molecule has 1 aliphatic rings. The smallest absolute Gasteiger partial charge is 0.0372 e. The van der Waals surface area contributed by atoms with Crippen molar-refractivity contribution in [3.05, 3.63) is 29.6 Å². The molecule has 0 radical (unpaired) electrons. The van der Waals surface area contributed by atoms with Crippen LogP contribution >= 0.6 is 15.9 Å². The van der Waals surface area contributed by atoms with Crippen LogP contribution in [0, 0.1) is 6.92 Å². The molecule has 0 aromatic carbocycles. The van der Waals surface area contributed by atoms with Gasteiger partial charge in [0.25, 0.3) is 0 Å². The molecule has 1 nitrogen and oxygen atoms in total. The molecule has 0 aliphatic heterocycles. The number of halogens is 1. The zero-order valence-electron chi connectivity index (χ0n) is 9.25. The highest BCUT2D eigenvalue weighted by Crippen LogP contribution is 2.35. The van der Waals surface area contributed by atoms with Crippen LogP contribution in [0.25, 0.3) is 0 Å². The topological polar surface area (TPSA) is 12.9 Å². The van der Waals surface area contributed by atoms with Gasteiger partial charge in [-0.1, -0.05) is 41.3 Å². The quantitative estimate of drug-likeness (QED) is 0.549. The Balaban J connectivity index is 2.16. The standard InChI is InChI=1S/C13H18BrN/c1-10-7-8-11(9-15-10)12-5-3-2-4-6-13(12)14/h7-9,12-13H,2-6H2,1H3. The van der Waals surface area contributed by atoms with Gasteiger partial charge in [-0.15, -0.1) is 0 Å². The molecule has 1 aromatic rings. The molecule has 15 heavy (non-hydrogen) atoms. The van der Waals surface area contributed by atoms with E-state index in [1.165, 1.54) is 37.7 Å². The average Bonchev–Trinajstić information content (AvgIpc) is 2.44. The molecule has 2 atom stereocenters. The highest BCUT2D eigenvalue weighted by atomic mass is 79.9. The lowest BCUT2D eigenvalue weighted by Gasteiger charge is -2.19. The Kier molecular flexibility index (Phi) is 3.79. The first kappa shape index (κ1) is 11.1. The van der Waals surface area contributed by atoms with Crippen molar-refractivity contribution in [3.8, 4) is 0 Å². The number of nitrogens with zero attached hydrogens (tertiary/aromatic N) is 1. The highest BCUT2D eigenvalue weighted by molar-refractivity contribution is 9.09. The van der Waals surface area contributed by atoms with Crippen LogP contribution in [-0.2, 0) is 0 Å². The Hall–Kier alpha value is -0.370. The summed E-state index contributed by atoms with van der Waals surface area (Å²) in [5, 5.41) is 0. The van der Waals surface area contributed by atoms with Gasteiger partial charge in [-0.3, -0.25) is 4.98 Å². The summed E-state index contributed by atoms with van der Waals surface area (Å²) in [7, 11) is 0. The second-order valence-corrected chi connectivity index (χ2v) is 5.67. The lowest BCUT2D eigenvalue weighted by molar-refractivity contribution is 0.610. The molecule has 0 saturated heterocycles. The maximum Gasteiger partial charge on any atom is 0.0372 e. The number of hydrogen-bond donors (Lipinski definition) is 0. The van der Waals surface area contributed by atoms with Crippen molar-refractivity contribution in [1.29, 1.82) is 0 Å². The van der Waals surface area contributed by atoms with Gasteiger partial charge in [0.1, 0.15) is 0 Å². The molecule has 82 valence electrons. The molecule has 1 fully saturated rings. The van der Waals surface area contributed by atoms with Crippen molar-refractivity contribution in [2.24, 2.45) is 0 Å². The molecular weight excluding hydrogens is 250 g/mol. The Morgan fingerprint density at radius 3 is 2.73 bits per heavy atom. The number of hydrogen-bond acceptors (Lipinski definition) is 1. The van der Waals surface area contributed by atoms with E-state index in [1.54, 1.807) is 0 Å². The SMILES string of the molecule is Cc1ccc(C2CCCCCC2Br)cn1. The summed E-state index contributed by atoms with van der Waals surface area (Å²) in [5.74, 6) is 0.667. The third-order valence-corrected chi connectivity index (χ3v) is 4.39. The maximum atomic E-state index is 4.40. The van der Waals surface area contributed by atoms with E-state index in [0.717, 1.165) is 5.69 Å². The molecule has 2 rings (SSSR count). The second-order valence-electron chi connectivity index (χ2n) is 4.49. The molecule has 0 N–H and O–H groups in total. The number of rotatable bonds is 1. The summed E-state index contributed by atoms with van der Waals surface area (Å²) in [6.45, 7) is 2.04. The largest absolute Gasteiger partial charge is 0.261 e. The van der Waals surface area contributed by atoms with E-state index in [4.69, 9.17) is 0 Å². The Morgan fingerprint density at radius 2 is 2.00 bits per heavy atom. The van der Waals surface area contributed by atoms with E-state index >= 15 is 0 Å². The van der Waals surface area contributed by atoms with Gasteiger partial charge < -0.3 is 0 Å². The fourth-order valence-electron chi connectivity index (χ4n) is 2.34. The molecule has 0 spiro atoms. The zero-order valence-corrected chi connectivity index (χ0v) is 10.8. The molecule has 2 unspecified atom stereocenters. The first-order valence-corrected chi connectivity index (χ1v) is 6.75. The van der Waals surface area contributed by atoms with Crippen LogP contribution in [0.3, 0.4) is 0 Å². The lowest BCUT2D eigenvalue weighted by Crippen LogP contribution is -2.10. The van der Waals surface area contributed by atoms with Gasteiger partial charge in [-0.2, -0.15) is 0 Å². The summed E-state index contributed by atoms with van der Waals surface area (Å²) in [5.41, 5.74) is 2.52. The third-order valence-electron chi connectivity index (χ3n) is 3.29. The van der Waals surface area contributed by atoms with E-state index in [-0.39, 0.29) is 0 Å². The minimum Gasteiger partial charge on any atom is -0.261 e. The average molecular weight is 268 g/mol. The zero-order chi connectivity index (χ0) is 10.7. The van der Waals surface area contributed by atoms with Crippen molar-refractivity contribution in [2.75, 3.05) is 0 Å². The first-order chi connectivity index (χ1) is 7.27. The molecule has 1 saturated carbocycles. The van der Waals surface area contributed by atoms with Crippen molar-refractivity contribution in [1.82, 2.24) is 4.98 Å². The molecular formula is C13H18BrN. The Bertz CT molecular complexity index is 307. The van der Waals surface area contributed by atoms with Gasteiger partial charge in [0.05, 0.1) is 0 Å². The van der Waals surface area contributed by atoms with Crippen molar-refractivity contribution >= 4 is 15.9 Å². The minimum atomic E-state index is 0.643. The minimum absolute atomic E-state index is 0.643. The monoisotopic (exact) mass is 267 g/mol. The highest BCUT2D eigenvalue weighted by Gasteiger charge is 2.22. The van der Waals surface area contributed by atoms with Crippen molar-refractivity contribution in [2.45, 2.75) is 49.8 Å². The summed E-state index contributed by atoms with van der Waals surface area (Å²) in [4.78, 5) is 5.04. The van der Waals surface area contributed by atoms with Crippen LogP contribution in [0.4, 0.5) is 0 Å². The van der Waals surface area contributed by atoms with Gasteiger partial charge in [-0.25, -0.2) is 0 Å². The fraction of sp³-hybridized carbons (Fsp3) is 0.615.